The predicted molar refractivity (Wildman–Crippen MR) is 72.4 cm³/mol. The minimum absolute atomic E-state index is 0. The van der Waals surface area contributed by atoms with Crippen LogP contribution in [-0.4, -0.2) is 28.4 Å². The van der Waals surface area contributed by atoms with Crippen LogP contribution in [0, 0.1) is 0 Å². The fourth-order valence-corrected chi connectivity index (χ4v) is 1.15. The molecule has 0 bridgehead atoms. The molecule has 0 unspecified atom stereocenters. The standard InChI is InChI=1S/2C7H6O2.Ni.3H2O/c2*8-7(9)6-4-2-1-3-5-6;;;;/h2*1-5H,(H,8,9);;3*1H2/q;;+2;;;/p-2. The van der Waals surface area contributed by atoms with Gasteiger partial charge in [0.1, 0.15) is 0 Å². The number of hydrogen-bond acceptors (Lipinski definition) is 4. The van der Waals surface area contributed by atoms with Gasteiger partial charge in [-0.05, 0) is 11.1 Å². The first kappa shape index (κ1) is 28.0. The maximum atomic E-state index is 10.1. The van der Waals surface area contributed by atoms with Gasteiger partial charge in [0.15, 0.2) is 0 Å². The van der Waals surface area contributed by atoms with E-state index in [1.807, 2.05) is 0 Å². The number of carboxylic acid groups (broad SMARTS) is 2. The third-order valence-corrected chi connectivity index (χ3v) is 2.02. The summed E-state index contributed by atoms with van der Waals surface area (Å²) in [6.07, 6.45) is 0. The summed E-state index contributed by atoms with van der Waals surface area (Å²) in [6.45, 7) is 0. The Morgan fingerprint density at radius 1 is 0.591 bits per heavy atom. The van der Waals surface area contributed by atoms with Gasteiger partial charge in [-0.3, -0.25) is 0 Å². The molecular weight excluding hydrogens is 339 g/mol. The fraction of sp³-hybridized carbons (Fsp3) is 0. The van der Waals surface area contributed by atoms with Crippen LogP contribution in [0.5, 0.6) is 0 Å². The van der Waals surface area contributed by atoms with Crippen molar-refractivity contribution in [2.75, 3.05) is 0 Å². The smallest absolute Gasteiger partial charge is 0.545 e. The zero-order valence-corrected chi connectivity index (χ0v) is 12.2. The van der Waals surface area contributed by atoms with Gasteiger partial charge in [0, 0.05) is 0 Å². The Balaban J connectivity index is -0.000000125. The molecule has 22 heavy (non-hydrogen) atoms. The normalized spacial score (nSPS) is 7.27. The molecule has 8 heteroatoms. The first-order valence-electron chi connectivity index (χ1n) is 5.14. The Kier molecular flexibility index (Phi) is 19.3. The van der Waals surface area contributed by atoms with E-state index < -0.39 is 11.9 Å². The maximum absolute atomic E-state index is 10.1. The number of carbonyl (C=O) groups excluding carboxylic acids is 2. The largest absolute Gasteiger partial charge is 2.00 e. The summed E-state index contributed by atoms with van der Waals surface area (Å²) in [6, 6.07) is 16.1. The number of aromatic carboxylic acids is 2. The molecule has 0 heterocycles. The summed E-state index contributed by atoms with van der Waals surface area (Å²) in [7, 11) is 0. The summed E-state index contributed by atoms with van der Waals surface area (Å²) in [4.78, 5) is 20.2. The quantitative estimate of drug-likeness (QED) is 0.547. The second-order valence-corrected chi connectivity index (χ2v) is 3.31. The second-order valence-electron chi connectivity index (χ2n) is 3.31. The first-order valence-corrected chi connectivity index (χ1v) is 5.14. The average Bonchev–Trinajstić information content (AvgIpc) is 2.41. The van der Waals surface area contributed by atoms with Crippen molar-refractivity contribution < 1.29 is 52.7 Å². The Hall–Kier alpha value is -2.25. The van der Waals surface area contributed by atoms with E-state index in [0.29, 0.717) is 0 Å². The Bertz CT molecular complexity index is 468. The molecule has 0 saturated carbocycles. The number of rotatable bonds is 2. The molecule has 0 radical (unpaired) electrons. The van der Waals surface area contributed by atoms with Gasteiger partial charge in [-0.25, -0.2) is 0 Å². The molecule has 0 fully saturated rings. The average molecular weight is 355 g/mol. The molecule has 0 aliphatic heterocycles. The molecule has 0 amide bonds. The molecular formula is C14H16NiO7. The molecule has 0 saturated heterocycles. The van der Waals surface area contributed by atoms with E-state index in [-0.39, 0.29) is 44.0 Å². The van der Waals surface area contributed by atoms with Gasteiger partial charge in [0.25, 0.3) is 0 Å². The third-order valence-electron chi connectivity index (χ3n) is 2.02. The van der Waals surface area contributed by atoms with Crippen LogP contribution < -0.4 is 10.2 Å². The minimum atomic E-state index is -1.13. The van der Waals surface area contributed by atoms with E-state index in [9.17, 15) is 19.8 Å². The van der Waals surface area contributed by atoms with Crippen LogP contribution in [-0.2, 0) is 16.5 Å². The molecule has 6 N–H and O–H groups in total. The van der Waals surface area contributed by atoms with E-state index in [2.05, 4.69) is 0 Å². The van der Waals surface area contributed by atoms with E-state index in [1.165, 1.54) is 24.3 Å². The third kappa shape index (κ3) is 10.5. The van der Waals surface area contributed by atoms with Crippen LogP contribution in [0.3, 0.4) is 0 Å². The van der Waals surface area contributed by atoms with Crippen LogP contribution in [0.25, 0.3) is 0 Å². The summed E-state index contributed by atoms with van der Waals surface area (Å²) >= 11 is 0. The molecule has 124 valence electrons. The molecule has 0 aliphatic rings. The van der Waals surface area contributed by atoms with Crippen molar-refractivity contribution in [1.29, 1.82) is 0 Å². The topological polar surface area (TPSA) is 175 Å². The summed E-state index contributed by atoms with van der Waals surface area (Å²) < 4.78 is 0. The van der Waals surface area contributed by atoms with Crippen molar-refractivity contribution in [2.24, 2.45) is 0 Å². The Labute approximate surface area is 137 Å². The van der Waals surface area contributed by atoms with E-state index >= 15 is 0 Å². The molecule has 0 spiro atoms. The van der Waals surface area contributed by atoms with Gasteiger partial charge in [-0.2, -0.15) is 0 Å². The van der Waals surface area contributed by atoms with Gasteiger partial charge in [0.05, 0.1) is 11.9 Å². The summed E-state index contributed by atoms with van der Waals surface area (Å²) in [5, 5.41) is 20.2. The zero-order chi connectivity index (χ0) is 13.4. The van der Waals surface area contributed by atoms with Crippen molar-refractivity contribution in [2.45, 2.75) is 0 Å². The van der Waals surface area contributed by atoms with Crippen molar-refractivity contribution in [1.82, 2.24) is 0 Å². The number of hydrogen-bond donors (Lipinski definition) is 0. The molecule has 7 nitrogen and oxygen atoms in total. The summed E-state index contributed by atoms with van der Waals surface area (Å²) in [5.74, 6) is -2.26. The zero-order valence-electron chi connectivity index (χ0n) is 11.2. The van der Waals surface area contributed by atoms with Crippen molar-refractivity contribution in [3.05, 3.63) is 71.8 Å². The van der Waals surface area contributed by atoms with Crippen molar-refractivity contribution in [3.63, 3.8) is 0 Å². The van der Waals surface area contributed by atoms with Gasteiger partial charge in [-0.1, -0.05) is 60.7 Å². The number of carbonyl (C=O) groups is 2. The number of benzene rings is 2. The minimum Gasteiger partial charge on any atom is -0.545 e. The molecule has 0 aliphatic carbocycles. The second kappa shape index (κ2) is 15.1. The van der Waals surface area contributed by atoms with Crippen LogP contribution in [0.1, 0.15) is 20.7 Å². The molecule has 0 aromatic heterocycles. The van der Waals surface area contributed by atoms with E-state index in [4.69, 9.17) is 0 Å². The van der Waals surface area contributed by atoms with Crippen LogP contribution in [0.15, 0.2) is 60.7 Å². The van der Waals surface area contributed by atoms with Gasteiger partial charge < -0.3 is 36.2 Å². The predicted octanol–water partition coefficient (Wildman–Crippen LogP) is -2.38. The van der Waals surface area contributed by atoms with Crippen LogP contribution in [0.4, 0.5) is 0 Å². The monoisotopic (exact) mass is 354 g/mol. The Morgan fingerprint density at radius 2 is 0.818 bits per heavy atom. The first-order chi connectivity index (χ1) is 8.61. The van der Waals surface area contributed by atoms with E-state index in [0.717, 1.165) is 0 Å². The SMILES string of the molecule is O.O.O.O=C([O-])c1ccccc1.O=C([O-])c1ccccc1.[Ni+2]. The molecule has 2 aromatic rings. The maximum Gasteiger partial charge on any atom is 2.00 e. The molecule has 2 rings (SSSR count). The van der Waals surface area contributed by atoms with Crippen LogP contribution >= 0.6 is 0 Å². The molecule has 2 aromatic carbocycles. The Morgan fingerprint density at radius 3 is 0.955 bits per heavy atom. The van der Waals surface area contributed by atoms with Crippen LogP contribution in [0.2, 0.25) is 0 Å². The van der Waals surface area contributed by atoms with E-state index in [1.54, 1.807) is 36.4 Å². The van der Waals surface area contributed by atoms with Crippen molar-refractivity contribution >= 4 is 11.9 Å². The van der Waals surface area contributed by atoms with Gasteiger partial charge >= 0.3 is 16.5 Å². The molecule has 0 atom stereocenters. The fourth-order valence-electron chi connectivity index (χ4n) is 1.15. The number of carboxylic acids is 2. The van der Waals surface area contributed by atoms with Crippen molar-refractivity contribution in [3.8, 4) is 0 Å². The van der Waals surface area contributed by atoms with Gasteiger partial charge in [0.2, 0.25) is 0 Å². The summed E-state index contributed by atoms with van der Waals surface area (Å²) in [5.41, 5.74) is 0.440. The van der Waals surface area contributed by atoms with Gasteiger partial charge in [-0.15, -0.1) is 0 Å².